The van der Waals surface area contributed by atoms with E-state index in [2.05, 4.69) is 42.5 Å². The lowest BCUT2D eigenvalue weighted by Crippen LogP contribution is -2.49. The first kappa shape index (κ1) is 13.2. The van der Waals surface area contributed by atoms with Gasteiger partial charge in [-0.2, -0.15) is 0 Å². The zero-order chi connectivity index (χ0) is 14.9. The summed E-state index contributed by atoms with van der Waals surface area (Å²) in [6, 6.07) is 3.97. The van der Waals surface area contributed by atoms with Gasteiger partial charge in [-0.3, -0.25) is 0 Å². The van der Waals surface area contributed by atoms with Crippen LogP contribution in [0.1, 0.15) is 12.7 Å². The highest BCUT2D eigenvalue weighted by molar-refractivity contribution is 5.86. The summed E-state index contributed by atoms with van der Waals surface area (Å²) in [6.07, 6.45) is 8.31. The van der Waals surface area contributed by atoms with E-state index < -0.39 is 0 Å². The van der Waals surface area contributed by atoms with Gasteiger partial charge in [-0.25, -0.2) is 19.9 Å². The first-order valence-corrected chi connectivity index (χ1v) is 7.66. The van der Waals surface area contributed by atoms with Gasteiger partial charge >= 0.3 is 0 Å². The summed E-state index contributed by atoms with van der Waals surface area (Å²) in [7, 11) is 0. The van der Waals surface area contributed by atoms with Crippen molar-refractivity contribution in [3.05, 3.63) is 42.9 Å². The molecule has 6 heteroatoms. The Kier molecular flexibility index (Phi) is 3.21. The maximum absolute atomic E-state index is 4.45. The number of aryl methyl sites for hydroxylation is 1. The Morgan fingerprint density at radius 3 is 2.91 bits per heavy atom. The quantitative estimate of drug-likeness (QED) is 0.735. The summed E-state index contributed by atoms with van der Waals surface area (Å²) >= 11 is 0. The molecule has 6 nitrogen and oxygen atoms in total. The van der Waals surface area contributed by atoms with E-state index in [0.29, 0.717) is 5.92 Å². The van der Waals surface area contributed by atoms with Crippen LogP contribution in [-0.4, -0.2) is 37.6 Å². The Bertz CT molecular complexity index is 785. The average molecular weight is 294 g/mol. The van der Waals surface area contributed by atoms with Crippen LogP contribution in [0.15, 0.2) is 37.1 Å². The summed E-state index contributed by atoms with van der Waals surface area (Å²) < 4.78 is 2.27. The Labute approximate surface area is 128 Å². The van der Waals surface area contributed by atoms with E-state index >= 15 is 0 Å². The monoisotopic (exact) mass is 294 g/mol. The van der Waals surface area contributed by atoms with E-state index in [0.717, 1.165) is 48.7 Å². The minimum atomic E-state index is 0.640. The third-order valence-electron chi connectivity index (χ3n) is 4.22. The number of fused-ring (bicyclic) bond motifs is 1. The van der Waals surface area contributed by atoms with Crippen LogP contribution in [0, 0.1) is 5.92 Å². The van der Waals surface area contributed by atoms with E-state index in [1.54, 1.807) is 12.5 Å². The molecule has 0 amide bonds. The van der Waals surface area contributed by atoms with Crippen molar-refractivity contribution in [1.82, 2.24) is 24.5 Å². The predicted octanol–water partition coefficient (Wildman–Crippen LogP) is 1.92. The van der Waals surface area contributed by atoms with Gasteiger partial charge in [0.25, 0.3) is 0 Å². The van der Waals surface area contributed by atoms with E-state index in [1.165, 1.54) is 0 Å². The fourth-order valence-electron chi connectivity index (χ4n) is 3.09. The first-order valence-electron chi connectivity index (χ1n) is 7.66. The molecule has 1 aliphatic heterocycles. The van der Waals surface area contributed by atoms with Gasteiger partial charge in [0.1, 0.15) is 18.0 Å². The van der Waals surface area contributed by atoms with Gasteiger partial charge in [-0.1, -0.05) is 6.92 Å². The molecule has 1 aliphatic rings. The van der Waals surface area contributed by atoms with Crippen molar-refractivity contribution in [3.8, 4) is 0 Å². The number of hydrogen-bond acceptors (Lipinski definition) is 5. The second-order valence-corrected chi connectivity index (χ2v) is 5.69. The van der Waals surface area contributed by atoms with Gasteiger partial charge in [-0.05, 0) is 12.1 Å². The molecule has 0 saturated carbocycles. The van der Waals surface area contributed by atoms with Crippen LogP contribution in [-0.2, 0) is 13.0 Å². The number of nitrogens with zero attached hydrogens (tertiary/aromatic N) is 6. The number of hydrogen-bond donors (Lipinski definition) is 0. The molecule has 0 radical (unpaired) electrons. The minimum Gasteiger partial charge on any atom is -0.355 e. The molecule has 0 bridgehead atoms. The summed E-state index contributed by atoms with van der Waals surface area (Å²) in [5.74, 6) is 2.80. The van der Waals surface area contributed by atoms with Crippen LogP contribution >= 0.6 is 0 Å². The van der Waals surface area contributed by atoms with Crippen LogP contribution in [0.3, 0.4) is 0 Å². The van der Waals surface area contributed by atoms with Gasteiger partial charge in [0, 0.05) is 50.6 Å². The van der Waals surface area contributed by atoms with Gasteiger partial charge in [-0.15, -0.1) is 0 Å². The second-order valence-electron chi connectivity index (χ2n) is 5.69. The van der Waals surface area contributed by atoms with Gasteiger partial charge < -0.3 is 9.47 Å². The van der Waals surface area contributed by atoms with Crippen molar-refractivity contribution in [2.24, 2.45) is 5.92 Å². The largest absolute Gasteiger partial charge is 0.355 e. The Morgan fingerprint density at radius 1 is 1.14 bits per heavy atom. The molecule has 1 saturated heterocycles. The topological polar surface area (TPSA) is 59.7 Å². The van der Waals surface area contributed by atoms with Crippen molar-refractivity contribution in [1.29, 1.82) is 0 Å². The van der Waals surface area contributed by atoms with E-state index in [4.69, 9.17) is 0 Å². The maximum Gasteiger partial charge on any atom is 0.164 e. The molecule has 112 valence electrons. The molecule has 0 N–H and O–H groups in total. The number of anilines is 1. The third-order valence-corrected chi connectivity index (χ3v) is 4.22. The molecular formula is C16H18N6. The highest BCUT2D eigenvalue weighted by atomic mass is 15.3. The van der Waals surface area contributed by atoms with Gasteiger partial charge in [0.2, 0.25) is 0 Å². The van der Waals surface area contributed by atoms with Gasteiger partial charge in [0.15, 0.2) is 5.65 Å². The van der Waals surface area contributed by atoms with Gasteiger partial charge in [0.05, 0.1) is 5.39 Å². The molecule has 22 heavy (non-hydrogen) atoms. The van der Waals surface area contributed by atoms with E-state index in [1.807, 2.05) is 18.3 Å². The summed E-state index contributed by atoms with van der Waals surface area (Å²) in [5, 5.41) is 1.03. The van der Waals surface area contributed by atoms with Crippen LogP contribution in [0.2, 0.25) is 0 Å². The highest BCUT2D eigenvalue weighted by Gasteiger charge is 2.29. The summed E-state index contributed by atoms with van der Waals surface area (Å²) in [6.45, 7) is 5.21. The van der Waals surface area contributed by atoms with Crippen LogP contribution in [0.5, 0.6) is 0 Å². The highest BCUT2D eigenvalue weighted by Crippen LogP contribution is 2.28. The number of pyridine rings is 1. The first-order chi connectivity index (χ1) is 10.8. The molecule has 4 rings (SSSR count). The lowest BCUT2D eigenvalue weighted by atomic mass is 9.99. The van der Waals surface area contributed by atoms with Crippen molar-refractivity contribution in [3.63, 3.8) is 0 Å². The molecule has 3 aromatic heterocycles. The zero-order valence-electron chi connectivity index (χ0n) is 12.6. The summed E-state index contributed by atoms with van der Waals surface area (Å²) in [4.78, 5) is 19.7. The Hall–Kier alpha value is -2.50. The molecule has 0 aromatic carbocycles. The van der Waals surface area contributed by atoms with E-state index in [-0.39, 0.29) is 0 Å². The molecule has 3 aromatic rings. The smallest absolute Gasteiger partial charge is 0.164 e. The maximum atomic E-state index is 4.45. The van der Waals surface area contributed by atoms with Crippen LogP contribution < -0.4 is 4.90 Å². The molecule has 1 fully saturated rings. The molecule has 0 aliphatic carbocycles. The van der Waals surface area contributed by atoms with Crippen molar-refractivity contribution in [2.75, 3.05) is 18.0 Å². The average Bonchev–Trinajstić information content (AvgIpc) is 2.97. The zero-order valence-corrected chi connectivity index (χ0v) is 12.6. The minimum absolute atomic E-state index is 0.640. The number of aromatic nitrogens is 5. The normalized spacial score (nSPS) is 15.2. The predicted molar refractivity (Wildman–Crippen MR) is 84.6 cm³/mol. The SMILES string of the molecule is CCc1nccn1CC1CN(c2ncnc3ncccc23)C1. The third kappa shape index (κ3) is 2.20. The lowest BCUT2D eigenvalue weighted by molar-refractivity contribution is 0.351. The van der Waals surface area contributed by atoms with Crippen LogP contribution in [0.4, 0.5) is 5.82 Å². The Balaban J connectivity index is 1.49. The molecular weight excluding hydrogens is 276 g/mol. The summed E-state index contributed by atoms with van der Waals surface area (Å²) in [5.41, 5.74) is 0.763. The molecule has 0 atom stereocenters. The fourth-order valence-corrected chi connectivity index (χ4v) is 3.09. The lowest BCUT2D eigenvalue weighted by Gasteiger charge is -2.40. The van der Waals surface area contributed by atoms with Crippen molar-refractivity contribution >= 4 is 16.9 Å². The number of rotatable bonds is 4. The van der Waals surface area contributed by atoms with Crippen molar-refractivity contribution in [2.45, 2.75) is 19.9 Å². The molecule has 4 heterocycles. The van der Waals surface area contributed by atoms with Crippen LogP contribution in [0.25, 0.3) is 11.0 Å². The number of imidazole rings is 1. The van der Waals surface area contributed by atoms with Crippen molar-refractivity contribution < 1.29 is 0 Å². The van der Waals surface area contributed by atoms with E-state index in [9.17, 15) is 0 Å². The second kappa shape index (κ2) is 5.36. The molecule has 0 unspecified atom stereocenters. The standard InChI is InChI=1S/C16H18N6/c1-2-14-17-6-7-21(14)8-12-9-22(10-12)16-13-4-3-5-18-15(13)19-11-20-16/h3-7,11-12H,2,8-10H2,1H3. The Morgan fingerprint density at radius 2 is 2.05 bits per heavy atom. The fraction of sp³-hybridized carbons (Fsp3) is 0.375. The molecule has 0 spiro atoms.